The van der Waals surface area contributed by atoms with Crippen molar-refractivity contribution in [2.45, 2.75) is 32.5 Å². The van der Waals surface area contributed by atoms with E-state index in [1.54, 1.807) is 0 Å². The Morgan fingerprint density at radius 3 is 2.67 bits per heavy atom. The predicted octanol–water partition coefficient (Wildman–Crippen LogP) is 1.99. The third-order valence-electron chi connectivity index (χ3n) is 3.71. The van der Waals surface area contributed by atoms with Crippen LogP contribution in [-0.4, -0.2) is 42.9 Å². The van der Waals surface area contributed by atoms with Gasteiger partial charge in [0.05, 0.1) is 13.2 Å². The van der Waals surface area contributed by atoms with Crippen molar-refractivity contribution in [2.24, 2.45) is 0 Å². The molecule has 2 aliphatic rings. The van der Waals surface area contributed by atoms with Gasteiger partial charge in [-0.05, 0) is 24.1 Å². The molecule has 1 aromatic carbocycles. The number of carbonyl (C=O) groups is 1. The van der Waals surface area contributed by atoms with Crippen molar-refractivity contribution in [3.8, 4) is 11.5 Å². The lowest BCUT2D eigenvalue weighted by Gasteiger charge is -2.26. The van der Waals surface area contributed by atoms with Gasteiger partial charge in [0.15, 0.2) is 11.5 Å². The Morgan fingerprint density at radius 2 is 1.90 bits per heavy atom. The highest BCUT2D eigenvalue weighted by Crippen LogP contribution is 2.39. The van der Waals surface area contributed by atoms with Gasteiger partial charge < -0.3 is 19.1 Å². The Bertz CT molecular complexity index is 535. The summed E-state index contributed by atoms with van der Waals surface area (Å²) < 4.78 is 16.6. The Balaban J connectivity index is 1.58. The van der Waals surface area contributed by atoms with Crippen LogP contribution in [0.3, 0.4) is 0 Å². The molecule has 0 aliphatic carbocycles. The monoisotopic (exact) mass is 291 g/mol. The van der Waals surface area contributed by atoms with Crippen LogP contribution in [0.1, 0.15) is 25.8 Å². The van der Waals surface area contributed by atoms with Gasteiger partial charge in [-0.25, -0.2) is 0 Å². The molecule has 1 amide bonds. The van der Waals surface area contributed by atoms with E-state index in [2.05, 4.69) is 0 Å². The first-order valence-electron chi connectivity index (χ1n) is 7.40. The second-order valence-electron chi connectivity index (χ2n) is 5.88. The first-order valence-corrected chi connectivity index (χ1v) is 7.40. The van der Waals surface area contributed by atoms with Crippen molar-refractivity contribution >= 4 is 5.91 Å². The van der Waals surface area contributed by atoms with Gasteiger partial charge >= 0.3 is 0 Å². The summed E-state index contributed by atoms with van der Waals surface area (Å²) in [6, 6.07) is 5.88. The van der Waals surface area contributed by atoms with E-state index >= 15 is 0 Å². The molecule has 1 fully saturated rings. The van der Waals surface area contributed by atoms with Gasteiger partial charge in [-0.15, -0.1) is 0 Å². The largest absolute Gasteiger partial charge is 0.449 e. The van der Waals surface area contributed by atoms with Crippen LogP contribution in [0.2, 0.25) is 0 Å². The minimum Gasteiger partial charge on any atom is -0.449 e. The van der Waals surface area contributed by atoms with Crippen LogP contribution in [0.5, 0.6) is 11.5 Å². The second kappa shape index (κ2) is 5.56. The van der Waals surface area contributed by atoms with E-state index in [-0.39, 0.29) is 5.91 Å². The van der Waals surface area contributed by atoms with Gasteiger partial charge in [0, 0.05) is 33.4 Å². The van der Waals surface area contributed by atoms with Crippen molar-refractivity contribution in [3.05, 3.63) is 23.8 Å². The number of aryl methyl sites for hydroxylation is 1. The fraction of sp³-hybridized carbons (Fsp3) is 0.562. The molecule has 2 heterocycles. The molecular weight excluding hydrogens is 270 g/mol. The number of benzene rings is 1. The maximum Gasteiger partial charge on any atom is 0.246 e. The summed E-state index contributed by atoms with van der Waals surface area (Å²) >= 11 is 0. The lowest BCUT2D eigenvalue weighted by atomic mass is 10.1. The minimum atomic E-state index is -0.607. The number of carbonyl (C=O) groups excluding carboxylic acids is 1. The summed E-state index contributed by atoms with van der Waals surface area (Å²) in [6.45, 7) is 6.46. The molecule has 0 aromatic heterocycles. The number of morpholine rings is 1. The minimum absolute atomic E-state index is 0.191. The molecule has 0 spiro atoms. The molecule has 0 bridgehead atoms. The third-order valence-corrected chi connectivity index (χ3v) is 3.71. The molecular formula is C16H21NO4. The molecule has 21 heavy (non-hydrogen) atoms. The zero-order chi connectivity index (χ0) is 14.9. The van der Waals surface area contributed by atoms with Crippen molar-refractivity contribution in [1.29, 1.82) is 0 Å². The van der Waals surface area contributed by atoms with Crippen LogP contribution in [0.4, 0.5) is 0 Å². The van der Waals surface area contributed by atoms with Gasteiger partial charge in [0.1, 0.15) is 0 Å². The zero-order valence-corrected chi connectivity index (χ0v) is 12.6. The van der Waals surface area contributed by atoms with Crippen LogP contribution >= 0.6 is 0 Å². The van der Waals surface area contributed by atoms with Gasteiger partial charge in [0.25, 0.3) is 0 Å². The average molecular weight is 291 g/mol. The first-order chi connectivity index (χ1) is 10.0. The summed E-state index contributed by atoms with van der Waals surface area (Å²) in [5.41, 5.74) is 1.09. The molecule has 114 valence electrons. The number of hydrogen-bond acceptors (Lipinski definition) is 4. The summed E-state index contributed by atoms with van der Waals surface area (Å²) in [5, 5.41) is 0. The SMILES string of the molecule is CC1(C)Oc2ccc(CCC(=O)N3CCOCC3)cc2O1. The van der Waals surface area contributed by atoms with Crippen LogP contribution in [-0.2, 0) is 16.0 Å². The smallest absolute Gasteiger partial charge is 0.246 e. The molecule has 0 atom stereocenters. The fourth-order valence-electron chi connectivity index (χ4n) is 2.64. The molecule has 0 unspecified atom stereocenters. The van der Waals surface area contributed by atoms with E-state index in [1.165, 1.54) is 0 Å². The van der Waals surface area contributed by atoms with Crippen LogP contribution in [0.15, 0.2) is 18.2 Å². The zero-order valence-electron chi connectivity index (χ0n) is 12.6. The topological polar surface area (TPSA) is 48.0 Å². The van der Waals surface area contributed by atoms with Gasteiger partial charge in [-0.1, -0.05) is 6.07 Å². The van der Waals surface area contributed by atoms with E-state index in [0.717, 1.165) is 17.1 Å². The number of fused-ring (bicyclic) bond motifs is 1. The number of rotatable bonds is 3. The number of ether oxygens (including phenoxy) is 3. The predicted molar refractivity (Wildman–Crippen MR) is 77.5 cm³/mol. The van der Waals surface area contributed by atoms with E-state index in [4.69, 9.17) is 14.2 Å². The van der Waals surface area contributed by atoms with Crippen LogP contribution < -0.4 is 9.47 Å². The number of nitrogens with zero attached hydrogens (tertiary/aromatic N) is 1. The lowest BCUT2D eigenvalue weighted by Crippen LogP contribution is -2.40. The van der Waals surface area contributed by atoms with Crippen molar-refractivity contribution in [1.82, 2.24) is 4.90 Å². The third kappa shape index (κ3) is 3.29. The van der Waals surface area contributed by atoms with E-state index in [9.17, 15) is 4.79 Å². The van der Waals surface area contributed by atoms with Crippen LogP contribution in [0, 0.1) is 0 Å². The highest BCUT2D eigenvalue weighted by Gasteiger charge is 2.31. The van der Waals surface area contributed by atoms with Gasteiger partial charge in [-0.2, -0.15) is 0 Å². The maximum atomic E-state index is 12.1. The highest BCUT2D eigenvalue weighted by atomic mass is 16.7. The molecule has 0 N–H and O–H groups in total. The molecule has 1 aromatic rings. The number of amides is 1. The number of hydrogen-bond donors (Lipinski definition) is 0. The molecule has 2 aliphatic heterocycles. The molecule has 0 saturated carbocycles. The Morgan fingerprint density at radius 1 is 1.19 bits per heavy atom. The normalized spacial score (nSPS) is 19.6. The van der Waals surface area contributed by atoms with Gasteiger partial charge in [-0.3, -0.25) is 4.79 Å². The van der Waals surface area contributed by atoms with Crippen molar-refractivity contribution in [3.63, 3.8) is 0 Å². The standard InChI is InChI=1S/C16H21NO4/c1-16(2)20-13-5-3-12(11-14(13)21-16)4-6-15(18)17-7-9-19-10-8-17/h3,5,11H,4,6-10H2,1-2H3. The second-order valence-corrected chi connectivity index (χ2v) is 5.88. The van der Waals surface area contributed by atoms with Crippen molar-refractivity contribution in [2.75, 3.05) is 26.3 Å². The quantitative estimate of drug-likeness (QED) is 0.854. The molecule has 0 radical (unpaired) electrons. The Labute approximate surface area is 124 Å². The fourth-order valence-corrected chi connectivity index (χ4v) is 2.64. The maximum absolute atomic E-state index is 12.1. The van der Waals surface area contributed by atoms with Crippen molar-refractivity contribution < 1.29 is 19.0 Å². The van der Waals surface area contributed by atoms with Gasteiger partial charge in [0.2, 0.25) is 11.7 Å². The summed E-state index contributed by atoms with van der Waals surface area (Å²) in [7, 11) is 0. The molecule has 3 rings (SSSR count). The molecule has 5 heteroatoms. The van der Waals surface area contributed by atoms with Crippen LogP contribution in [0.25, 0.3) is 0 Å². The van der Waals surface area contributed by atoms with E-state index in [0.29, 0.717) is 39.1 Å². The summed E-state index contributed by atoms with van der Waals surface area (Å²) in [5.74, 6) is 1.11. The molecule has 5 nitrogen and oxygen atoms in total. The summed E-state index contributed by atoms with van der Waals surface area (Å²) in [6.07, 6.45) is 1.23. The Kier molecular flexibility index (Phi) is 3.76. The first kappa shape index (κ1) is 14.2. The average Bonchev–Trinajstić information content (AvgIpc) is 2.78. The summed E-state index contributed by atoms with van der Waals surface area (Å²) in [4.78, 5) is 14.0. The lowest BCUT2D eigenvalue weighted by molar-refractivity contribution is -0.135. The Hall–Kier alpha value is -1.75. The van der Waals surface area contributed by atoms with E-state index < -0.39 is 5.79 Å². The highest BCUT2D eigenvalue weighted by molar-refractivity contribution is 5.76. The van der Waals surface area contributed by atoms with E-state index in [1.807, 2.05) is 36.9 Å². The molecule has 1 saturated heterocycles.